The summed E-state index contributed by atoms with van der Waals surface area (Å²) in [5.74, 6) is 0.608. The maximum Gasteiger partial charge on any atom is 0.251 e. The van der Waals surface area contributed by atoms with Gasteiger partial charge >= 0.3 is 0 Å². The molecule has 1 aromatic rings. The highest BCUT2D eigenvalue weighted by molar-refractivity contribution is 5.21. The lowest BCUT2D eigenvalue weighted by Gasteiger charge is -2.16. The van der Waals surface area contributed by atoms with E-state index in [1.54, 1.807) is 0 Å². The molecule has 0 radical (unpaired) electrons. The van der Waals surface area contributed by atoms with Crippen LogP contribution in [0.15, 0.2) is 17.1 Å². The van der Waals surface area contributed by atoms with Gasteiger partial charge in [-0.1, -0.05) is 107 Å². The predicted octanol–water partition coefficient (Wildman–Crippen LogP) is 8.65. The van der Waals surface area contributed by atoms with Gasteiger partial charge < -0.3 is 4.98 Å². The predicted molar refractivity (Wildman–Crippen MR) is 126 cm³/mol. The van der Waals surface area contributed by atoms with E-state index in [1.165, 1.54) is 63.4 Å². The van der Waals surface area contributed by atoms with Gasteiger partial charge in [0, 0.05) is 11.8 Å². The van der Waals surface area contributed by atoms with E-state index in [2.05, 4.69) is 38.7 Å². The molecule has 0 aliphatic rings. The third-order valence-corrected chi connectivity index (χ3v) is 4.34. The number of hydrogen-bond acceptors (Lipinski definition) is 1. The van der Waals surface area contributed by atoms with Crippen LogP contribution in [0.3, 0.4) is 0 Å². The van der Waals surface area contributed by atoms with Crippen molar-refractivity contribution in [3.8, 4) is 0 Å². The second kappa shape index (κ2) is 24.9. The molecule has 1 heterocycles. The zero-order chi connectivity index (χ0) is 21.5. The molecule has 0 amide bonds. The van der Waals surface area contributed by atoms with E-state index < -0.39 is 0 Å². The van der Waals surface area contributed by atoms with Crippen molar-refractivity contribution in [1.29, 1.82) is 0 Å². The Bertz CT molecular complexity index is 426. The van der Waals surface area contributed by atoms with Crippen LogP contribution in [0, 0.1) is 0 Å². The van der Waals surface area contributed by atoms with E-state index in [9.17, 15) is 4.79 Å². The van der Waals surface area contributed by atoms with Crippen LogP contribution >= 0.6 is 0 Å². The zero-order valence-electron chi connectivity index (χ0n) is 20.2. The van der Waals surface area contributed by atoms with Gasteiger partial charge in [0.25, 0.3) is 5.56 Å². The Kier molecular flexibility index (Phi) is 28.3. The first kappa shape index (κ1) is 30.7. The second-order valence-corrected chi connectivity index (χ2v) is 6.48. The molecule has 0 unspecified atom stereocenters. The molecule has 0 saturated heterocycles. The first-order chi connectivity index (χ1) is 13.1. The molecule has 27 heavy (non-hydrogen) atoms. The minimum Gasteiger partial charge on any atom is -0.329 e. The molecule has 1 rings (SSSR count). The Morgan fingerprint density at radius 2 is 1.26 bits per heavy atom. The first-order valence-corrected chi connectivity index (χ1v) is 11.9. The molecular weight excluding hydrogens is 330 g/mol. The summed E-state index contributed by atoms with van der Waals surface area (Å²) in [6.45, 7) is 19.0. The number of hydrogen-bond donors (Lipinski definition) is 1. The minimum atomic E-state index is 0.0676. The summed E-state index contributed by atoms with van der Waals surface area (Å²) in [6, 6.07) is 2.09. The van der Waals surface area contributed by atoms with E-state index in [1.807, 2.05) is 40.8 Å². The average molecular weight is 382 g/mol. The Morgan fingerprint density at radius 3 is 1.63 bits per heavy atom. The topological polar surface area (TPSA) is 32.9 Å². The number of aromatic nitrogens is 1. The van der Waals surface area contributed by atoms with E-state index in [4.69, 9.17) is 0 Å². The largest absolute Gasteiger partial charge is 0.329 e. The lowest BCUT2D eigenvalue weighted by atomic mass is 9.90. The van der Waals surface area contributed by atoms with Gasteiger partial charge in [0.1, 0.15) is 0 Å². The zero-order valence-corrected chi connectivity index (χ0v) is 20.2. The molecule has 0 aromatic carbocycles. The molecule has 1 aromatic heterocycles. The van der Waals surface area contributed by atoms with E-state index >= 15 is 0 Å². The molecule has 0 atom stereocenters. The number of pyridine rings is 1. The highest BCUT2D eigenvalue weighted by Crippen LogP contribution is 2.25. The number of nitrogens with one attached hydrogen (secondary N) is 1. The van der Waals surface area contributed by atoms with Crippen molar-refractivity contribution in [1.82, 2.24) is 4.98 Å². The van der Waals surface area contributed by atoms with Crippen molar-refractivity contribution >= 4 is 0 Å². The maximum absolute atomic E-state index is 11.5. The summed E-state index contributed by atoms with van der Waals surface area (Å²) in [5.41, 5.74) is 2.29. The van der Waals surface area contributed by atoms with Crippen molar-refractivity contribution < 1.29 is 0 Å². The van der Waals surface area contributed by atoms with Crippen LogP contribution in [0.1, 0.15) is 137 Å². The standard InChI is InChI=1S/C14H23NO.C7H16.2C2H6/c1-4-7-12(8-5-2)13-9-11(6-3)14(16)15-10-13;1-3-5-7-6-4-2;2*1-2/h9-10,12H,4-8H2,1-3H3,(H,15,16);3-7H2,1-2H3;2*1-2H3. The fraction of sp³-hybridized carbons (Fsp3) is 0.800. The number of aromatic amines is 1. The Labute approximate surface area is 171 Å². The maximum atomic E-state index is 11.5. The molecule has 2 nitrogen and oxygen atoms in total. The number of rotatable bonds is 10. The summed E-state index contributed by atoms with van der Waals surface area (Å²) < 4.78 is 0. The molecule has 0 fully saturated rings. The van der Waals surface area contributed by atoms with E-state index in [0.717, 1.165) is 12.0 Å². The lowest BCUT2D eigenvalue weighted by molar-refractivity contribution is 0.558. The Balaban J connectivity index is -0.000000440. The highest BCUT2D eigenvalue weighted by atomic mass is 16.1. The molecule has 2 heteroatoms. The smallest absolute Gasteiger partial charge is 0.251 e. The fourth-order valence-electron chi connectivity index (χ4n) is 2.90. The van der Waals surface area contributed by atoms with Gasteiger partial charge in [0.15, 0.2) is 0 Å². The van der Waals surface area contributed by atoms with Crippen molar-refractivity contribution in [2.45, 2.75) is 132 Å². The molecular formula is C25H51NO. The number of unbranched alkanes of at least 4 members (excludes halogenated alkanes) is 4. The van der Waals surface area contributed by atoms with Gasteiger partial charge in [-0.25, -0.2) is 0 Å². The first-order valence-electron chi connectivity index (χ1n) is 11.9. The third kappa shape index (κ3) is 16.8. The average Bonchev–Trinajstić information content (AvgIpc) is 2.72. The van der Waals surface area contributed by atoms with Gasteiger partial charge in [-0.2, -0.15) is 0 Å². The normalized spacial score (nSPS) is 9.41. The van der Waals surface area contributed by atoms with Crippen LogP contribution in [0.25, 0.3) is 0 Å². The van der Waals surface area contributed by atoms with Crippen LogP contribution < -0.4 is 5.56 Å². The number of H-pyrrole nitrogens is 1. The summed E-state index contributed by atoms with van der Waals surface area (Å²) >= 11 is 0. The SMILES string of the molecule is CC.CC.CCCC(CCC)c1c[nH]c(=O)c(CC)c1.CCCCCCC. The van der Waals surface area contributed by atoms with Crippen LogP contribution in [0.5, 0.6) is 0 Å². The molecule has 162 valence electrons. The molecule has 0 spiro atoms. The van der Waals surface area contributed by atoms with Crippen molar-refractivity contribution in [3.63, 3.8) is 0 Å². The third-order valence-electron chi connectivity index (χ3n) is 4.34. The number of aryl methyl sites for hydroxylation is 1. The van der Waals surface area contributed by atoms with Gasteiger partial charge in [0.2, 0.25) is 0 Å². The van der Waals surface area contributed by atoms with Gasteiger partial charge in [-0.15, -0.1) is 0 Å². The second-order valence-electron chi connectivity index (χ2n) is 6.48. The molecule has 0 aliphatic carbocycles. The van der Waals surface area contributed by atoms with Crippen molar-refractivity contribution in [2.75, 3.05) is 0 Å². The van der Waals surface area contributed by atoms with Crippen LogP contribution in [-0.2, 0) is 6.42 Å². The fourth-order valence-corrected chi connectivity index (χ4v) is 2.90. The summed E-state index contributed by atoms with van der Waals surface area (Å²) in [5, 5.41) is 0. The van der Waals surface area contributed by atoms with Crippen LogP contribution in [0.4, 0.5) is 0 Å². The van der Waals surface area contributed by atoms with Gasteiger partial charge in [0.05, 0.1) is 0 Å². The van der Waals surface area contributed by atoms with E-state index in [0.29, 0.717) is 5.92 Å². The summed E-state index contributed by atoms with van der Waals surface area (Å²) in [6.07, 6.45) is 14.5. The van der Waals surface area contributed by atoms with Gasteiger partial charge in [-0.3, -0.25) is 4.79 Å². The lowest BCUT2D eigenvalue weighted by Crippen LogP contribution is -2.13. The molecule has 0 bridgehead atoms. The molecule has 0 aliphatic heterocycles. The Morgan fingerprint density at radius 1 is 0.778 bits per heavy atom. The highest BCUT2D eigenvalue weighted by Gasteiger charge is 2.11. The molecule has 0 saturated carbocycles. The Hall–Kier alpha value is -1.05. The summed E-state index contributed by atoms with van der Waals surface area (Å²) in [7, 11) is 0. The quantitative estimate of drug-likeness (QED) is 0.404. The van der Waals surface area contributed by atoms with Crippen LogP contribution in [-0.4, -0.2) is 4.98 Å². The molecule has 1 N–H and O–H groups in total. The van der Waals surface area contributed by atoms with Crippen molar-refractivity contribution in [3.05, 3.63) is 33.7 Å². The van der Waals surface area contributed by atoms with Crippen molar-refractivity contribution in [2.24, 2.45) is 0 Å². The monoisotopic (exact) mass is 381 g/mol. The van der Waals surface area contributed by atoms with Crippen LogP contribution in [0.2, 0.25) is 0 Å². The van der Waals surface area contributed by atoms with E-state index in [-0.39, 0.29) is 5.56 Å². The minimum absolute atomic E-state index is 0.0676. The summed E-state index contributed by atoms with van der Waals surface area (Å²) in [4.78, 5) is 14.3. The van der Waals surface area contributed by atoms with Gasteiger partial charge in [-0.05, 0) is 36.8 Å².